The number of fused-ring (bicyclic) bond motifs is 1. The van der Waals surface area contributed by atoms with Gasteiger partial charge in [-0.15, -0.1) is 5.92 Å². The van der Waals surface area contributed by atoms with Crippen molar-refractivity contribution < 1.29 is 42.5 Å². The van der Waals surface area contributed by atoms with Crippen LogP contribution >= 0.6 is 7.75 Å². The number of aromatic amines is 1. The maximum atomic E-state index is 14.8. The highest BCUT2D eigenvalue weighted by Gasteiger charge is 2.57. The summed E-state index contributed by atoms with van der Waals surface area (Å²) >= 11 is 0. The van der Waals surface area contributed by atoms with Gasteiger partial charge in [-0.2, -0.15) is 10.1 Å². The Bertz CT molecular complexity index is 1620. The smallest absolute Gasteiger partial charge is 0.459 e. The summed E-state index contributed by atoms with van der Waals surface area (Å²) in [5, 5.41) is 24.6. The number of aromatic nitrogens is 3. The number of para-hydroxylation sites is 1. The Morgan fingerprint density at radius 2 is 2.05 bits per heavy atom. The van der Waals surface area contributed by atoms with E-state index in [0.29, 0.717) is 0 Å². The molecule has 1 aromatic carbocycles. The van der Waals surface area contributed by atoms with Crippen molar-refractivity contribution in [1.82, 2.24) is 19.6 Å². The first-order valence-corrected chi connectivity index (χ1v) is 14.4. The van der Waals surface area contributed by atoms with Crippen LogP contribution in [0.15, 0.2) is 41.3 Å². The van der Waals surface area contributed by atoms with Gasteiger partial charge in [0.25, 0.3) is 5.56 Å². The molecule has 14 nitrogen and oxygen atoms in total. The average Bonchev–Trinajstić information content (AvgIpc) is 3.36. The third-order valence-electron chi connectivity index (χ3n) is 6.15. The molecule has 1 aliphatic heterocycles. The van der Waals surface area contributed by atoms with Crippen molar-refractivity contribution in [2.75, 3.05) is 12.3 Å². The van der Waals surface area contributed by atoms with Crippen molar-refractivity contribution in [2.24, 2.45) is 0 Å². The van der Waals surface area contributed by atoms with E-state index in [1.165, 1.54) is 26.0 Å². The Hall–Kier alpha value is -3.77. The predicted molar refractivity (Wildman–Crippen MR) is 147 cm³/mol. The summed E-state index contributed by atoms with van der Waals surface area (Å²) in [7, 11) is -4.37. The Labute approximate surface area is 239 Å². The second kappa shape index (κ2) is 12.2. The van der Waals surface area contributed by atoms with Gasteiger partial charge in [-0.1, -0.05) is 24.1 Å². The number of nitrogen functional groups attached to an aromatic ring is 1. The van der Waals surface area contributed by atoms with Gasteiger partial charge in [0, 0.05) is 6.20 Å². The highest BCUT2D eigenvalue weighted by molar-refractivity contribution is 7.52. The number of carbonyl (C=O) groups is 1. The number of halogens is 1. The maximum absolute atomic E-state index is 14.8. The number of rotatable bonds is 10. The van der Waals surface area contributed by atoms with Crippen LogP contribution < -0.4 is 20.9 Å². The van der Waals surface area contributed by atoms with Crippen molar-refractivity contribution in [3.05, 3.63) is 52.7 Å². The number of anilines is 1. The molecule has 1 saturated heterocycles. The molecule has 1 fully saturated rings. The minimum absolute atomic E-state index is 0.139. The third-order valence-corrected chi connectivity index (χ3v) is 7.79. The van der Waals surface area contributed by atoms with E-state index in [9.17, 15) is 28.8 Å². The van der Waals surface area contributed by atoms with Crippen LogP contribution in [0.25, 0.3) is 11.0 Å². The number of H-pyrrole nitrogens is 1. The molecule has 226 valence electrons. The second-order valence-corrected chi connectivity index (χ2v) is 11.4. The largest absolute Gasteiger partial charge is 0.462 e. The number of hydrogen-bond donors (Lipinski definition) is 5. The number of aliphatic hydroxyl groups is 2. The molecule has 42 heavy (non-hydrogen) atoms. The van der Waals surface area contributed by atoms with E-state index < -0.39 is 73.3 Å². The van der Waals surface area contributed by atoms with Gasteiger partial charge < -0.3 is 29.9 Å². The molecule has 3 heterocycles. The molecule has 2 aromatic heterocycles. The van der Waals surface area contributed by atoms with Gasteiger partial charge >= 0.3 is 13.7 Å². The summed E-state index contributed by atoms with van der Waals surface area (Å²) < 4.78 is 51.8. The summed E-state index contributed by atoms with van der Waals surface area (Å²) in [5.74, 6) is 3.05. The summed E-state index contributed by atoms with van der Waals surface area (Å²) in [6.45, 7) is 5.43. The third kappa shape index (κ3) is 6.34. The Kier molecular flexibility index (Phi) is 9.07. The minimum atomic E-state index is -4.37. The average molecular weight is 608 g/mol. The lowest BCUT2D eigenvalue weighted by Gasteiger charge is -2.27. The van der Waals surface area contributed by atoms with Crippen LogP contribution in [-0.4, -0.2) is 67.3 Å². The molecule has 0 amide bonds. The zero-order chi connectivity index (χ0) is 30.8. The number of nitrogens with two attached hydrogens (primary N) is 1. The lowest BCUT2D eigenvalue weighted by atomic mass is 9.94. The normalized spacial score (nSPS) is 24.1. The standard InChI is InChI=1S/C26H31FN5O9P/c1-5-11-26(36)20(33)18(40-24(26)32-12-17(27)19-21(32)29-25(28)30-22(19)34)13-38-42(37,41-16-9-7-6-8-10-16)31-15(4)23(35)39-14(2)3/h6-10,12,14-15,18,20,24,33,36H,13H2,1-4H3,(H,31,37)(H3,28,29,30,34)/t15-,18+,20-,24+,26?,42?/m0/s1. The van der Waals surface area contributed by atoms with Crippen molar-refractivity contribution in [1.29, 1.82) is 0 Å². The van der Waals surface area contributed by atoms with Crippen LogP contribution in [0.5, 0.6) is 5.75 Å². The fourth-order valence-corrected chi connectivity index (χ4v) is 5.83. The van der Waals surface area contributed by atoms with Crippen LogP contribution in [-0.2, 0) is 23.4 Å². The predicted octanol–water partition coefficient (Wildman–Crippen LogP) is 1.59. The highest BCUT2D eigenvalue weighted by Crippen LogP contribution is 2.47. The fourth-order valence-electron chi connectivity index (χ4n) is 4.33. The fraction of sp³-hybridized carbons (Fsp3) is 0.423. The van der Waals surface area contributed by atoms with Gasteiger partial charge in [-0.3, -0.25) is 23.7 Å². The number of carbonyl (C=O) groups excluding carboxylic acids is 1. The van der Waals surface area contributed by atoms with Crippen molar-refractivity contribution in [3.63, 3.8) is 0 Å². The lowest BCUT2D eigenvalue weighted by molar-refractivity contribution is -0.149. The maximum Gasteiger partial charge on any atom is 0.459 e. The number of esters is 1. The number of hydrogen-bond acceptors (Lipinski definition) is 11. The zero-order valence-electron chi connectivity index (χ0n) is 23.1. The molecule has 0 saturated carbocycles. The van der Waals surface area contributed by atoms with Crippen molar-refractivity contribution in [2.45, 2.75) is 63.9 Å². The molecular formula is C26H31FN5O9P. The second-order valence-electron chi connectivity index (χ2n) is 9.74. The van der Waals surface area contributed by atoms with E-state index in [4.69, 9.17) is 24.3 Å². The highest BCUT2D eigenvalue weighted by atomic mass is 31.2. The van der Waals surface area contributed by atoms with Crippen LogP contribution in [0.1, 0.15) is 33.9 Å². The first-order chi connectivity index (χ1) is 19.8. The van der Waals surface area contributed by atoms with Crippen LogP contribution in [0, 0.1) is 17.7 Å². The molecule has 0 radical (unpaired) electrons. The summed E-state index contributed by atoms with van der Waals surface area (Å²) in [6.07, 6.45) is -4.43. The van der Waals surface area contributed by atoms with Crippen molar-refractivity contribution in [3.8, 4) is 17.6 Å². The summed E-state index contributed by atoms with van der Waals surface area (Å²) in [5.41, 5.74) is 2.13. The minimum Gasteiger partial charge on any atom is -0.462 e. The van der Waals surface area contributed by atoms with E-state index in [2.05, 4.69) is 26.9 Å². The van der Waals surface area contributed by atoms with E-state index in [0.717, 1.165) is 10.8 Å². The van der Waals surface area contributed by atoms with Gasteiger partial charge in [0.2, 0.25) is 5.95 Å². The Morgan fingerprint density at radius 1 is 1.36 bits per heavy atom. The van der Waals surface area contributed by atoms with Gasteiger partial charge in [0.1, 0.15) is 29.4 Å². The van der Waals surface area contributed by atoms with Crippen molar-refractivity contribution >= 4 is 30.7 Å². The number of ether oxygens (including phenoxy) is 2. The quantitative estimate of drug-likeness (QED) is 0.127. The molecule has 1 aliphatic rings. The Balaban J connectivity index is 1.64. The van der Waals surface area contributed by atoms with Crippen LogP contribution in [0.2, 0.25) is 0 Å². The van der Waals surface area contributed by atoms with E-state index >= 15 is 0 Å². The molecule has 0 aliphatic carbocycles. The molecule has 16 heteroatoms. The molecular weight excluding hydrogens is 576 g/mol. The van der Waals surface area contributed by atoms with Crippen LogP contribution in [0.3, 0.4) is 0 Å². The number of benzene rings is 1. The van der Waals surface area contributed by atoms with E-state index in [1.54, 1.807) is 32.0 Å². The number of nitrogens with one attached hydrogen (secondary N) is 2. The molecule has 6 N–H and O–H groups in total. The SMILES string of the molecule is CC#CC1(O)[C@@H](O)[C@@H](COP(=O)(N[C@@H](C)C(=O)OC(C)C)Oc2ccccc2)O[C@H]1n1cc(F)c2c(=O)[nH]c(N)nc21. The molecule has 2 unspecified atom stereocenters. The Morgan fingerprint density at radius 3 is 2.69 bits per heavy atom. The molecule has 4 rings (SSSR count). The van der Waals surface area contributed by atoms with Gasteiger partial charge in [0.05, 0.1) is 12.7 Å². The van der Waals surface area contributed by atoms with Crippen LogP contribution in [0.4, 0.5) is 10.3 Å². The first kappa shape index (κ1) is 31.2. The summed E-state index contributed by atoms with van der Waals surface area (Å²) in [6, 6.07) is 6.83. The monoisotopic (exact) mass is 607 g/mol. The summed E-state index contributed by atoms with van der Waals surface area (Å²) in [4.78, 5) is 30.9. The topological polar surface area (TPSA) is 200 Å². The molecule has 0 bridgehead atoms. The number of nitrogens with zero attached hydrogens (tertiary/aromatic N) is 2. The van der Waals surface area contributed by atoms with E-state index in [-0.39, 0.29) is 17.3 Å². The first-order valence-electron chi connectivity index (χ1n) is 12.8. The molecule has 6 atom stereocenters. The molecule has 3 aromatic rings. The van der Waals surface area contributed by atoms with Gasteiger partial charge in [-0.25, -0.2) is 8.96 Å². The van der Waals surface area contributed by atoms with Gasteiger partial charge in [-0.05, 0) is 39.8 Å². The van der Waals surface area contributed by atoms with E-state index in [1.807, 2.05) is 0 Å². The molecule has 0 spiro atoms. The van der Waals surface area contributed by atoms with Gasteiger partial charge in [0.15, 0.2) is 23.3 Å². The number of aliphatic hydroxyl groups excluding tert-OH is 1. The lowest BCUT2D eigenvalue weighted by Crippen LogP contribution is -2.46. The zero-order valence-corrected chi connectivity index (χ0v) is 24.0.